The number of nitrogens with one attached hydrogen (secondary N) is 2. The van der Waals surface area contributed by atoms with Gasteiger partial charge in [-0.15, -0.1) is 0 Å². The molecule has 2 unspecified atom stereocenters. The summed E-state index contributed by atoms with van der Waals surface area (Å²) in [5.41, 5.74) is 0.958. The van der Waals surface area contributed by atoms with E-state index in [1.165, 1.54) is 19.3 Å². The van der Waals surface area contributed by atoms with Crippen LogP contribution in [0, 0.1) is 5.92 Å². The average molecular weight is 295 g/mol. The summed E-state index contributed by atoms with van der Waals surface area (Å²) >= 11 is 0. The predicted octanol–water partition coefficient (Wildman–Crippen LogP) is 1.44. The van der Waals surface area contributed by atoms with Gasteiger partial charge in [0.1, 0.15) is 0 Å². The number of nitrogens with zero attached hydrogens (tertiary/aromatic N) is 1. The molecule has 1 aromatic rings. The zero-order valence-corrected chi connectivity index (χ0v) is 12.3. The summed E-state index contributed by atoms with van der Waals surface area (Å²) < 4.78 is 27.1. The highest BCUT2D eigenvalue weighted by atomic mass is 32.2. The SMILES string of the molecule is O=S(=O)(c1c[nH]c(CNC2CC2)c1)N1CC2CCC1C2. The van der Waals surface area contributed by atoms with E-state index in [9.17, 15) is 8.42 Å². The first-order valence-electron chi connectivity index (χ1n) is 7.55. The van der Waals surface area contributed by atoms with Crippen molar-refractivity contribution in [3.05, 3.63) is 18.0 Å². The van der Waals surface area contributed by atoms with Crippen LogP contribution < -0.4 is 5.32 Å². The van der Waals surface area contributed by atoms with Crippen molar-refractivity contribution in [2.45, 2.75) is 55.6 Å². The zero-order chi connectivity index (χ0) is 13.7. The Labute approximate surface area is 119 Å². The number of H-pyrrole nitrogens is 1. The lowest BCUT2D eigenvalue weighted by atomic mass is 10.1. The number of hydrogen-bond donors (Lipinski definition) is 2. The molecule has 3 fully saturated rings. The summed E-state index contributed by atoms with van der Waals surface area (Å²) in [7, 11) is -3.30. The van der Waals surface area contributed by atoms with Crippen LogP contribution in [0.5, 0.6) is 0 Å². The first kappa shape index (κ1) is 12.9. The Hall–Kier alpha value is -0.850. The van der Waals surface area contributed by atoms with Gasteiger partial charge >= 0.3 is 0 Å². The number of rotatable bonds is 5. The van der Waals surface area contributed by atoms with Crippen LogP contribution in [0.2, 0.25) is 0 Å². The second-order valence-electron chi connectivity index (χ2n) is 6.42. The third-order valence-corrected chi connectivity index (χ3v) is 6.74. The Morgan fingerprint density at radius 1 is 1.30 bits per heavy atom. The minimum Gasteiger partial charge on any atom is -0.363 e. The van der Waals surface area contributed by atoms with E-state index in [-0.39, 0.29) is 6.04 Å². The van der Waals surface area contributed by atoms with E-state index in [4.69, 9.17) is 0 Å². The fourth-order valence-electron chi connectivity index (χ4n) is 3.52. The molecule has 0 aromatic carbocycles. The van der Waals surface area contributed by atoms with Crippen molar-refractivity contribution in [2.75, 3.05) is 6.54 Å². The van der Waals surface area contributed by atoms with Crippen LogP contribution in [-0.2, 0) is 16.6 Å². The Bertz CT molecular complexity index is 606. The summed E-state index contributed by atoms with van der Waals surface area (Å²) in [6.45, 7) is 1.44. The van der Waals surface area contributed by atoms with Crippen molar-refractivity contribution in [3.63, 3.8) is 0 Å². The lowest BCUT2D eigenvalue weighted by Crippen LogP contribution is -2.37. The van der Waals surface area contributed by atoms with Gasteiger partial charge in [-0.1, -0.05) is 0 Å². The van der Waals surface area contributed by atoms with Crippen LogP contribution in [-0.4, -0.2) is 36.3 Å². The molecule has 2 saturated carbocycles. The molecule has 2 bridgehead atoms. The molecular formula is C14H21N3O2S. The normalized spacial score (nSPS) is 30.2. The van der Waals surface area contributed by atoms with Crippen molar-refractivity contribution >= 4 is 10.0 Å². The van der Waals surface area contributed by atoms with Crippen LogP contribution in [0.3, 0.4) is 0 Å². The highest BCUT2D eigenvalue weighted by Gasteiger charge is 2.44. The van der Waals surface area contributed by atoms with Gasteiger partial charge in [0.05, 0.1) is 4.90 Å². The summed E-state index contributed by atoms with van der Waals surface area (Å²) in [5.74, 6) is 0.588. The van der Waals surface area contributed by atoms with Gasteiger partial charge in [0.25, 0.3) is 0 Å². The lowest BCUT2D eigenvalue weighted by Gasteiger charge is -2.25. The van der Waals surface area contributed by atoms with Crippen LogP contribution in [0.4, 0.5) is 0 Å². The second kappa shape index (κ2) is 4.58. The van der Waals surface area contributed by atoms with Gasteiger partial charge in [-0.3, -0.25) is 0 Å². The average Bonchev–Trinajstić information content (AvgIpc) is 2.87. The van der Waals surface area contributed by atoms with Gasteiger partial charge in [-0.25, -0.2) is 8.42 Å². The molecule has 4 rings (SSSR count). The molecule has 0 amide bonds. The van der Waals surface area contributed by atoms with Crippen molar-refractivity contribution in [1.82, 2.24) is 14.6 Å². The topological polar surface area (TPSA) is 65.2 Å². The number of aromatic amines is 1. The maximum absolute atomic E-state index is 12.7. The molecule has 2 N–H and O–H groups in total. The molecule has 2 heterocycles. The molecule has 1 saturated heterocycles. The number of piperidine rings is 1. The van der Waals surface area contributed by atoms with Gasteiger partial charge in [0.15, 0.2) is 0 Å². The third-order valence-electron chi connectivity index (χ3n) is 4.84. The van der Waals surface area contributed by atoms with Crippen LogP contribution in [0.25, 0.3) is 0 Å². The molecule has 20 heavy (non-hydrogen) atoms. The van der Waals surface area contributed by atoms with E-state index < -0.39 is 10.0 Å². The Morgan fingerprint density at radius 3 is 2.80 bits per heavy atom. The Balaban J connectivity index is 1.50. The summed E-state index contributed by atoms with van der Waals surface area (Å²) in [4.78, 5) is 3.52. The van der Waals surface area contributed by atoms with E-state index in [0.717, 1.165) is 25.1 Å². The van der Waals surface area contributed by atoms with E-state index in [1.807, 2.05) is 0 Å². The minimum atomic E-state index is -3.30. The van der Waals surface area contributed by atoms with Crippen LogP contribution >= 0.6 is 0 Å². The molecule has 1 aliphatic heterocycles. The molecule has 2 aliphatic carbocycles. The molecule has 2 atom stereocenters. The Kier molecular flexibility index (Phi) is 2.94. The molecule has 0 spiro atoms. The highest BCUT2D eigenvalue weighted by molar-refractivity contribution is 7.89. The zero-order valence-electron chi connectivity index (χ0n) is 11.5. The van der Waals surface area contributed by atoms with E-state index in [0.29, 0.717) is 23.4 Å². The fraction of sp³-hybridized carbons (Fsp3) is 0.714. The molecule has 3 aliphatic rings. The number of hydrogen-bond acceptors (Lipinski definition) is 3. The first-order valence-corrected chi connectivity index (χ1v) is 8.99. The van der Waals surface area contributed by atoms with Gasteiger partial charge in [-0.2, -0.15) is 4.31 Å². The third kappa shape index (κ3) is 2.19. The molecule has 0 radical (unpaired) electrons. The van der Waals surface area contributed by atoms with Gasteiger partial charge in [0.2, 0.25) is 10.0 Å². The number of fused-ring (bicyclic) bond motifs is 2. The van der Waals surface area contributed by atoms with E-state index >= 15 is 0 Å². The smallest absolute Gasteiger partial charge is 0.244 e. The first-order chi connectivity index (χ1) is 9.63. The molecular weight excluding hydrogens is 274 g/mol. The van der Waals surface area contributed by atoms with E-state index in [2.05, 4.69) is 10.3 Å². The monoisotopic (exact) mass is 295 g/mol. The van der Waals surface area contributed by atoms with Crippen molar-refractivity contribution in [3.8, 4) is 0 Å². The van der Waals surface area contributed by atoms with Crippen molar-refractivity contribution in [2.24, 2.45) is 5.92 Å². The summed E-state index contributed by atoms with van der Waals surface area (Å²) in [6, 6.07) is 2.66. The van der Waals surface area contributed by atoms with Gasteiger partial charge < -0.3 is 10.3 Å². The number of aromatic nitrogens is 1. The number of sulfonamides is 1. The standard InChI is InChI=1S/C14H21N3O2S/c18-20(19,17-9-10-1-4-13(17)5-10)14-6-12(16-8-14)7-15-11-2-3-11/h6,8,10-11,13,15-16H,1-5,7,9H2. The summed E-state index contributed by atoms with van der Waals surface area (Å²) in [6.07, 6.45) is 7.40. The largest absolute Gasteiger partial charge is 0.363 e. The minimum absolute atomic E-state index is 0.243. The van der Waals surface area contributed by atoms with Crippen LogP contribution in [0.15, 0.2) is 17.2 Å². The fourth-order valence-corrected chi connectivity index (χ4v) is 5.28. The van der Waals surface area contributed by atoms with Gasteiger partial charge in [-0.05, 0) is 44.1 Å². The van der Waals surface area contributed by atoms with Crippen molar-refractivity contribution < 1.29 is 8.42 Å². The molecule has 110 valence electrons. The van der Waals surface area contributed by atoms with Gasteiger partial charge in [0, 0.05) is 37.1 Å². The highest BCUT2D eigenvalue weighted by Crippen LogP contribution is 2.40. The second-order valence-corrected chi connectivity index (χ2v) is 8.31. The maximum atomic E-state index is 12.7. The quantitative estimate of drug-likeness (QED) is 0.864. The Morgan fingerprint density at radius 2 is 2.15 bits per heavy atom. The molecule has 5 nitrogen and oxygen atoms in total. The van der Waals surface area contributed by atoms with E-state index in [1.54, 1.807) is 16.6 Å². The summed E-state index contributed by atoms with van der Waals surface area (Å²) in [5, 5.41) is 3.39. The van der Waals surface area contributed by atoms with Crippen molar-refractivity contribution in [1.29, 1.82) is 0 Å². The maximum Gasteiger partial charge on any atom is 0.244 e. The molecule has 6 heteroatoms. The lowest BCUT2D eigenvalue weighted by molar-refractivity contribution is 0.333. The molecule has 1 aromatic heterocycles. The predicted molar refractivity (Wildman–Crippen MR) is 75.7 cm³/mol. The van der Waals surface area contributed by atoms with Crippen LogP contribution in [0.1, 0.15) is 37.8 Å².